The summed E-state index contributed by atoms with van der Waals surface area (Å²) in [5.41, 5.74) is 5.59. The van der Waals surface area contributed by atoms with E-state index in [1.54, 1.807) is 6.07 Å². The minimum Gasteiger partial charge on any atom is -0.483 e. The van der Waals surface area contributed by atoms with E-state index >= 15 is 0 Å². The molecule has 6 heteroatoms. The van der Waals surface area contributed by atoms with Crippen LogP contribution >= 0.6 is 22.6 Å². The van der Waals surface area contributed by atoms with Crippen molar-refractivity contribution >= 4 is 34.7 Å². The fraction of sp³-hybridized carbons (Fsp3) is 0.250. The van der Waals surface area contributed by atoms with Crippen LogP contribution in [0.5, 0.6) is 5.75 Å². The van der Waals surface area contributed by atoms with Crippen molar-refractivity contribution in [3.63, 3.8) is 0 Å². The summed E-state index contributed by atoms with van der Waals surface area (Å²) in [6, 6.07) is 7.60. The van der Waals surface area contributed by atoms with E-state index in [2.05, 4.69) is 33.1 Å². The average molecular weight is 412 g/mol. The summed E-state index contributed by atoms with van der Waals surface area (Å²) in [6.07, 6.45) is 1.45. The summed E-state index contributed by atoms with van der Waals surface area (Å²) in [6.45, 7) is 5.86. The Morgan fingerprint density at radius 2 is 2.00 bits per heavy atom. The summed E-state index contributed by atoms with van der Waals surface area (Å²) in [4.78, 5) is 11.7. The first-order valence-corrected chi connectivity index (χ1v) is 7.82. The number of carbonyl (C=O) groups excluding carboxylic acids is 1. The lowest BCUT2D eigenvalue weighted by molar-refractivity contribution is -0.123. The second-order valence-electron chi connectivity index (χ2n) is 4.88. The molecule has 1 N–H and O–H groups in total. The Balaban J connectivity index is 1.88. The summed E-state index contributed by atoms with van der Waals surface area (Å²) in [5.74, 6) is 1.01. The number of hydrazone groups is 1. The molecular formula is C16H17IN2O3. The Kier molecular flexibility index (Phi) is 5.59. The van der Waals surface area contributed by atoms with Crippen LogP contribution in [0.15, 0.2) is 33.8 Å². The summed E-state index contributed by atoms with van der Waals surface area (Å²) < 4.78 is 11.7. The predicted molar refractivity (Wildman–Crippen MR) is 93.3 cm³/mol. The number of rotatable bonds is 5. The quantitative estimate of drug-likeness (QED) is 0.466. The number of furan rings is 1. The number of ether oxygens (including phenoxy) is 1. The Morgan fingerprint density at radius 3 is 2.68 bits per heavy atom. The zero-order valence-electron chi connectivity index (χ0n) is 12.6. The highest BCUT2D eigenvalue weighted by molar-refractivity contribution is 14.1. The van der Waals surface area contributed by atoms with Gasteiger partial charge in [-0.2, -0.15) is 5.10 Å². The number of hydrogen-bond acceptors (Lipinski definition) is 4. The predicted octanol–water partition coefficient (Wildman–Crippen LogP) is 3.34. The zero-order valence-corrected chi connectivity index (χ0v) is 14.8. The highest BCUT2D eigenvalue weighted by Crippen LogP contribution is 2.25. The number of carbonyl (C=O) groups is 1. The van der Waals surface area contributed by atoms with Crippen molar-refractivity contribution in [1.82, 2.24) is 5.43 Å². The molecule has 0 aliphatic rings. The SMILES string of the molecule is Cc1ccc(C)c(OCC(=O)N/N=C/c2ccc(I)o2)c1C. The maximum Gasteiger partial charge on any atom is 0.277 e. The molecule has 0 unspecified atom stereocenters. The van der Waals surface area contributed by atoms with Gasteiger partial charge in [0, 0.05) is 0 Å². The Labute approximate surface area is 142 Å². The number of aryl methyl sites for hydroxylation is 2. The van der Waals surface area contributed by atoms with Gasteiger partial charge in [-0.3, -0.25) is 4.79 Å². The number of benzene rings is 1. The minimum absolute atomic E-state index is 0.0852. The van der Waals surface area contributed by atoms with Gasteiger partial charge in [0.15, 0.2) is 10.4 Å². The van der Waals surface area contributed by atoms with Gasteiger partial charge in [-0.05, 0) is 72.2 Å². The number of amides is 1. The van der Waals surface area contributed by atoms with Crippen LogP contribution < -0.4 is 10.2 Å². The molecule has 0 aliphatic carbocycles. The van der Waals surface area contributed by atoms with E-state index in [9.17, 15) is 4.79 Å². The smallest absolute Gasteiger partial charge is 0.277 e. The zero-order chi connectivity index (χ0) is 16.1. The number of nitrogens with zero attached hydrogens (tertiary/aromatic N) is 1. The van der Waals surface area contributed by atoms with Gasteiger partial charge >= 0.3 is 0 Å². The lowest BCUT2D eigenvalue weighted by atomic mass is 10.1. The molecular weight excluding hydrogens is 395 g/mol. The van der Waals surface area contributed by atoms with Crippen LogP contribution in [-0.4, -0.2) is 18.7 Å². The van der Waals surface area contributed by atoms with E-state index in [0.717, 1.165) is 26.2 Å². The first-order chi connectivity index (χ1) is 10.5. The average Bonchev–Trinajstić information content (AvgIpc) is 2.89. The number of halogens is 1. The first kappa shape index (κ1) is 16.5. The normalized spacial score (nSPS) is 10.9. The van der Waals surface area contributed by atoms with Gasteiger partial charge in [0.2, 0.25) is 0 Å². The van der Waals surface area contributed by atoms with Crippen molar-refractivity contribution < 1.29 is 13.9 Å². The third-order valence-electron chi connectivity index (χ3n) is 3.20. The van der Waals surface area contributed by atoms with Gasteiger partial charge in [-0.25, -0.2) is 5.43 Å². The summed E-state index contributed by atoms with van der Waals surface area (Å²) >= 11 is 2.06. The number of hydrogen-bond donors (Lipinski definition) is 1. The molecule has 2 aromatic rings. The maximum absolute atomic E-state index is 11.7. The minimum atomic E-state index is -0.321. The van der Waals surface area contributed by atoms with E-state index in [1.807, 2.05) is 39.0 Å². The van der Waals surface area contributed by atoms with Crippen LogP contribution in [0.4, 0.5) is 0 Å². The second-order valence-corrected chi connectivity index (χ2v) is 5.94. The lowest BCUT2D eigenvalue weighted by Crippen LogP contribution is -2.25. The topological polar surface area (TPSA) is 63.8 Å². The Hall–Kier alpha value is -1.83. The van der Waals surface area contributed by atoms with Crippen LogP contribution in [0.1, 0.15) is 22.5 Å². The molecule has 2 rings (SSSR count). The highest BCUT2D eigenvalue weighted by Gasteiger charge is 2.08. The van der Waals surface area contributed by atoms with E-state index in [1.165, 1.54) is 6.21 Å². The second kappa shape index (κ2) is 7.44. The van der Waals surface area contributed by atoms with E-state index < -0.39 is 0 Å². The molecule has 1 heterocycles. The Bertz CT molecular complexity index is 707. The molecule has 0 aliphatic heterocycles. The van der Waals surface area contributed by atoms with Crippen LogP contribution in [-0.2, 0) is 4.79 Å². The number of nitrogens with one attached hydrogen (secondary N) is 1. The van der Waals surface area contributed by atoms with Crippen LogP contribution in [0, 0.1) is 24.5 Å². The van der Waals surface area contributed by atoms with Gasteiger partial charge in [0.25, 0.3) is 5.91 Å². The van der Waals surface area contributed by atoms with Gasteiger partial charge in [0.1, 0.15) is 11.5 Å². The highest BCUT2D eigenvalue weighted by atomic mass is 127. The van der Waals surface area contributed by atoms with Gasteiger partial charge in [-0.1, -0.05) is 12.1 Å². The fourth-order valence-electron chi connectivity index (χ4n) is 1.88. The van der Waals surface area contributed by atoms with Crippen molar-refractivity contribution in [2.45, 2.75) is 20.8 Å². The molecule has 1 amide bonds. The molecule has 5 nitrogen and oxygen atoms in total. The molecule has 1 aromatic heterocycles. The molecule has 22 heavy (non-hydrogen) atoms. The standard InChI is InChI=1S/C16H17IN2O3/c1-10-4-5-11(2)16(12(10)3)21-9-15(20)19-18-8-13-6-7-14(17)22-13/h4-8H,9H2,1-3H3,(H,19,20)/b18-8+. The van der Waals surface area contributed by atoms with Crippen molar-refractivity contribution in [1.29, 1.82) is 0 Å². The van der Waals surface area contributed by atoms with Crippen LogP contribution in [0.25, 0.3) is 0 Å². The van der Waals surface area contributed by atoms with Crippen molar-refractivity contribution in [2.24, 2.45) is 5.10 Å². The molecule has 0 spiro atoms. The van der Waals surface area contributed by atoms with Gasteiger partial charge in [0.05, 0.1) is 6.21 Å². The lowest BCUT2D eigenvalue weighted by Gasteiger charge is -2.13. The van der Waals surface area contributed by atoms with E-state index in [4.69, 9.17) is 9.15 Å². The van der Waals surface area contributed by atoms with Gasteiger partial charge < -0.3 is 9.15 Å². The maximum atomic E-state index is 11.7. The van der Waals surface area contributed by atoms with Crippen LogP contribution in [0.2, 0.25) is 0 Å². The van der Waals surface area contributed by atoms with Crippen molar-refractivity contribution in [2.75, 3.05) is 6.61 Å². The van der Waals surface area contributed by atoms with Crippen molar-refractivity contribution in [3.8, 4) is 5.75 Å². The van der Waals surface area contributed by atoms with Crippen LogP contribution in [0.3, 0.4) is 0 Å². The monoisotopic (exact) mass is 412 g/mol. The molecule has 0 saturated carbocycles. The van der Waals surface area contributed by atoms with Crippen molar-refractivity contribution in [3.05, 3.63) is 50.5 Å². The third kappa shape index (κ3) is 4.33. The largest absolute Gasteiger partial charge is 0.483 e. The molecule has 0 radical (unpaired) electrons. The van der Waals surface area contributed by atoms with E-state index in [-0.39, 0.29) is 12.5 Å². The molecule has 0 fully saturated rings. The third-order valence-corrected chi connectivity index (χ3v) is 3.78. The molecule has 1 aromatic carbocycles. The fourth-order valence-corrected chi connectivity index (χ4v) is 2.32. The first-order valence-electron chi connectivity index (χ1n) is 6.74. The summed E-state index contributed by atoms with van der Waals surface area (Å²) in [5, 5.41) is 3.83. The molecule has 0 saturated heterocycles. The van der Waals surface area contributed by atoms with E-state index in [0.29, 0.717) is 5.76 Å². The molecule has 116 valence electrons. The Morgan fingerprint density at radius 1 is 1.27 bits per heavy atom. The summed E-state index contributed by atoms with van der Waals surface area (Å²) in [7, 11) is 0. The molecule has 0 atom stereocenters. The molecule has 0 bridgehead atoms. The van der Waals surface area contributed by atoms with Gasteiger partial charge in [-0.15, -0.1) is 0 Å².